The molecule has 0 aliphatic heterocycles. The van der Waals surface area contributed by atoms with Gasteiger partial charge in [0.2, 0.25) is 5.91 Å². The number of aliphatic hydroxyl groups is 1. The summed E-state index contributed by atoms with van der Waals surface area (Å²) < 4.78 is 0. The fraction of sp³-hybridized carbons (Fsp3) is 0.588. The van der Waals surface area contributed by atoms with Gasteiger partial charge in [-0.1, -0.05) is 31.0 Å². The Morgan fingerprint density at radius 1 is 1.10 bits per heavy atom. The van der Waals surface area contributed by atoms with Gasteiger partial charge in [0.15, 0.2) is 0 Å². The van der Waals surface area contributed by atoms with E-state index in [-0.39, 0.29) is 12.5 Å². The molecule has 1 aromatic carbocycles. The van der Waals surface area contributed by atoms with Crippen molar-refractivity contribution < 1.29 is 9.90 Å². The number of hydrogen-bond donors (Lipinski definition) is 2. The van der Waals surface area contributed by atoms with Crippen molar-refractivity contribution in [1.29, 1.82) is 0 Å². The molecule has 2 N–H and O–H groups in total. The van der Waals surface area contributed by atoms with Crippen molar-refractivity contribution in [3.63, 3.8) is 0 Å². The number of amides is 1. The van der Waals surface area contributed by atoms with Gasteiger partial charge in [0.1, 0.15) is 0 Å². The van der Waals surface area contributed by atoms with E-state index in [1.165, 1.54) is 24.0 Å². The van der Waals surface area contributed by atoms with Crippen molar-refractivity contribution >= 4 is 5.91 Å². The zero-order chi connectivity index (χ0) is 14.2. The highest BCUT2D eigenvalue weighted by Gasteiger charge is 2.11. The molecule has 0 saturated carbocycles. The summed E-state index contributed by atoms with van der Waals surface area (Å²) in [7, 11) is 0. The van der Waals surface area contributed by atoms with Crippen LogP contribution in [-0.2, 0) is 24.1 Å². The Bertz CT molecular complexity index is 443. The summed E-state index contributed by atoms with van der Waals surface area (Å²) in [5.41, 5.74) is 4.01. The fourth-order valence-electron chi connectivity index (χ4n) is 2.80. The number of benzene rings is 1. The van der Waals surface area contributed by atoms with E-state index in [1.807, 2.05) is 0 Å². The van der Waals surface area contributed by atoms with E-state index in [9.17, 15) is 4.79 Å². The summed E-state index contributed by atoms with van der Waals surface area (Å²) in [6.07, 6.45) is 8.06. The van der Waals surface area contributed by atoms with Crippen LogP contribution in [0, 0.1) is 0 Å². The monoisotopic (exact) mass is 275 g/mol. The molecule has 1 aromatic rings. The molecule has 1 aliphatic carbocycles. The van der Waals surface area contributed by atoms with E-state index in [1.54, 1.807) is 0 Å². The van der Waals surface area contributed by atoms with Crippen LogP contribution in [-0.4, -0.2) is 24.2 Å². The number of aliphatic hydroxyl groups excluding tert-OH is 1. The predicted octanol–water partition coefficient (Wildman–Crippen LogP) is 2.39. The molecule has 3 heteroatoms. The summed E-state index contributed by atoms with van der Waals surface area (Å²) in [5.74, 6) is 0.116. The van der Waals surface area contributed by atoms with Gasteiger partial charge in [-0.05, 0) is 48.8 Å². The van der Waals surface area contributed by atoms with Crippen LogP contribution in [0.3, 0.4) is 0 Å². The highest BCUT2D eigenvalue weighted by atomic mass is 16.2. The van der Waals surface area contributed by atoms with Crippen molar-refractivity contribution in [3.05, 3.63) is 34.9 Å². The smallest absolute Gasteiger partial charge is 0.224 e. The first-order chi connectivity index (χ1) is 9.79. The molecule has 0 unspecified atom stereocenters. The number of fused-ring (bicyclic) bond motifs is 1. The lowest BCUT2D eigenvalue weighted by Crippen LogP contribution is -2.26. The average molecular weight is 275 g/mol. The Labute approximate surface area is 121 Å². The van der Waals surface area contributed by atoms with Crippen LogP contribution < -0.4 is 5.32 Å². The molecule has 20 heavy (non-hydrogen) atoms. The maximum atomic E-state index is 11.9. The molecule has 0 saturated heterocycles. The third-order valence-electron chi connectivity index (χ3n) is 3.93. The number of nitrogens with one attached hydrogen (secondary N) is 1. The topological polar surface area (TPSA) is 49.3 Å². The molecule has 0 fully saturated rings. The lowest BCUT2D eigenvalue weighted by molar-refractivity contribution is -0.120. The number of carbonyl (C=O) groups is 1. The Balaban J connectivity index is 1.67. The largest absolute Gasteiger partial charge is 0.396 e. The highest BCUT2D eigenvalue weighted by molar-refractivity contribution is 5.78. The van der Waals surface area contributed by atoms with Crippen molar-refractivity contribution in [2.45, 2.75) is 51.4 Å². The van der Waals surface area contributed by atoms with Crippen LogP contribution in [0.4, 0.5) is 0 Å². The maximum Gasteiger partial charge on any atom is 0.224 e. The normalized spacial score (nSPS) is 13.2. The summed E-state index contributed by atoms with van der Waals surface area (Å²) >= 11 is 0. The van der Waals surface area contributed by atoms with E-state index in [2.05, 4.69) is 23.5 Å². The number of rotatable bonds is 8. The van der Waals surface area contributed by atoms with Gasteiger partial charge in [-0.25, -0.2) is 0 Å². The molecule has 0 aromatic heterocycles. The zero-order valence-corrected chi connectivity index (χ0v) is 12.2. The minimum absolute atomic E-state index is 0.116. The Morgan fingerprint density at radius 3 is 2.75 bits per heavy atom. The molecule has 0 atom stereocenters. The van der Waals surface area contributed by atoms with Crippen molar-refractivity contribution in [2.75, 3.05) is 13.2 Å². The van der Waals surface area contributed by atoms with Crippen LogP contribution in [0.15, 0.2) is 18.2 Å². The summed E-state index contributed by atoms with van der Waals surface area (Å²) in [5, 5.41) is 11.6. The van der Waals surface area contributed by atoms with E-state index in [0.29, 0.717) is 6.42 Å². The van der Waals surface area contributed by atoms with Crippen molar-refractivity contribution in [1.82, 2.24) is 5.32 Å². The van der Waals surface area contributed by atoms with Gasteiger partial charge < -0.3 is 10.4 Å². The maximum absolute atomic E-state index is 11.9. The zero-order valence-electron chi connectivity index (χ0n) is 12.2. The first-order valence-corrected chi connectivity index (χ1v) is 7.78. The SMILES string of the molecule is O=C(Cc1ccc2c(c1)CCC2)NCCCCCCO. The summed E-state index contributed by atoms with van der Waals surface area (Å²) in [6, 6.07) is 6.47. The van der Waals surface area contributed by atoms with E-state index >= 15 is 0 Å². The quantitative estimate of drug-likeness (QED) is 0.716. The van der Waals surface area contributed by atoms with E-state index < -0.39 is 0 Å². The molecule has 2 rings (SSSR count). The van der Waals surface area contributed by atoms with Gasteiger partial charge in [0.25, 0.3) is 0 Å². The second kappa shape index (κ2) is 8.05. The van der Waals surface area contributed by atoms with Gasteiger partial charge in [-0.2, -0.15) is 0 Å². The van der Waals surface area contributed by atoms with Crippen LogP contribution in [0.25, 0.3) is 0 Å². The number of unbranched alkanes of at least 4 members (excludes halogenated alkanes) is 3. The molecule has 0 spiro atoms. The molecule has 1 amide bonds. The van der Waals surface area contributed by atoms with E-state index in [0.717, 1.165) is 44.2 Å². The molecular formula is C17H25NO2. The van der Waals surface area contributed by atoms with Gasteiger partial charge in [-0.15, -0.1) is 0 Å². The lowest BCUT2D eigenvalue weighted by Gasteiger charge is -2.07. The second-order valence-corrected chi connectivity index (χ2v) is 5.62. The van der Waals surface area contributed by atoms with E-state index in [4.69, 9.17) is 5.11 Å². The van der Waals surface area contributed by atoms with Gasteiger partial charge in [0, 0.05) is 13.2 Å². The highest BCUT2D eigenvalue weighted by Crippen LogP contribution is 2.22. The number of carbonyl (C=O) groups excluding carboxylic acids is 1. The first-order valence-electron chi connectivity index (χ1n) is 7.78. The minimum Gasteiger partial charge on any atom is -0.396 e. The third kappa shape index (κ3) is 4.64. The molecule has 0 heterocycles. The van der Waals surface area contributed by atoms with Gasteiger partial charge in [0.05, 0.1) is 6.42 Å². The van der Waals surface area contributed by atoms with Crippen molar-refractivity contribution in [2.24, 2.45) is 0 Å². The number of hydrogen-bond acceptors (Lipinski definition) is 2. The molecule has 110 valence electrons. The predicted molar refractivity (Wildman–Crippen MR) is 80.7 cm³/mol. The Hall–Kier alpha value is -1.35. The number of aryl methyl sites for hydroxylation is 2. The third-order valence-corrected chi connectivity index (χ3v) is 3.93. The van der Waals surface area contributed by atoms with Gasteiger partial charge >= 0.3 is 0 Å². The molecule has 1 aliphatic rings. The average Bonchev–Trinajstić information content (AvgIpc) is 2.90. The van der Waals surface area contributed by atoms with Crippen LogP contribution in [0.2, 0.25) is 0 Å². The molecule has 3 nitrogen and oxygen atoms in total. The van der Waals surface area contributed by atoms with Gasteiger partial charge in [-0.3, -0.25) is 4.79 Å². The molecule has 0 radical (unpaired) electrons. The minimum atomic E-state index is 0.116. The summed E-state index contributed by atoms with van der Waals surface area (Å²) in [6.45, 7) is 1.01. The molecule has 0 bridgehead atoms. The van der Waals surface area contributed by atoms with Crippen molar-refractivity contribution in [3.8, 4) is 0 Å². The lowest BCUT2D eigenvalue weighted by atomic mass is 10.0. The first kappa shape index (κ1) is 15.0. The Morgan fingerprint density at radius 2 is 1.90 bits per heavy atom. The summed E-state index contributed by atoms with van der Waals surface area (Å²) in [4.78, 5) is 11.9. The van der Waals surface area contributed by atoms with Crippen LogP contribution in [0.1, 0.15) is 48.8 Å². The van der Waals surface area contributed by atoms with Crippen LogP contribution in [0.5, 0.6) is 0 Å². The Kier molecular flexibility index (Phi) is 6.06. The van der Waals surface area contributed by atoms with Crippen LogP contribution >= 0.6 is 0 Å². The molecular weight excluding hydrogens is 250 g/mol. The second-order valence-electron chi connectivity index (χ2n) is 5.62. The standard InChI is InChI=1S/C17H25NO2/c19-11-4-2-1-3-10-18-17(20)13-14-8-9-15-6-5-7-16(15)12-14/h8-9,12,19H,1-7,10-11,13H2,(H,18,20). The fourth-order valence-corrected chi connectivity index (χ4v) is 2.80.